The molecule has 1 N–H and O–H groups in total. The van der Waals surface area contributed by atoms with Gasteiger partial charge < -0.3 is 5.32 Å². The molecule has 1 aliphatic rings. The fourth-order valence-corrected chi connectivity index (χ4v) is 2.98. The van der Waals surface area contributed by atoms with Crippen molar-refractivity contribution in [2.24, 2.45) is 5.41 Å². The van der Waals surface area contributed by atoms with Crippen molar-refractivity contribution in [3.63, 3.8) is 0 Å². The number of nitrogens with zero attached hydrogens (tertiary/aromatic N) is 2. The van der Waals surface area contributed by atoms with E-state index in [1.807, 2.05) is 18.2 Å². The molecule has 5 heteroatoms. The first kappa shape index (κ1) is 20.2. The summed E-state index contributed by atoms with van der Waals surface area (Å²) in [6.07, 6.45) is 0. The molecule has 3 nitrogen and oxygen atoms in total. The summed E-state index contributed by atoms with van der Waals surface area (Å²) in [4.78, 5) is 2.53. The minimum Gasteiger partial charge on any atom is -0.314 e. The van der Waals surface area contributed by atoms with Crippen LogP contribution in [0.25, 0.3) is 0 Å². The molecule has 1 aromatic carbocycles. The van der Waals surface area contributed by atoms with E-state index >= 15 is 0 Å². The minimum absolute atomic E-state index is 0. The molecule has 1 atom stereocenters. The van der Waals surface area contributed by atoms with E-state index in [0.29, 0.717) is 6.04 Å². The Morgan fingerprint density at radius 1 is 1.19 bits per heavy atom. The van der Waals surface area contributed by atoms with E-state index in [4.69, 9.17) is 5.26 Å². The van der Waals surface area contributed by atoms with Gasteiger partial charge in [0.15, 0.2) is 0 Å². The number of nitriles is 1. The van der Waals surface area contributed by atoms with Crippen molar-refractivity contribution in [3.05, 3.63) is 35.4 Å². The summed E-state index contributed by atoms with van der Waals surface area (Å²) in [5.41, 5.74) is 2.17. The molecule has 0 spiro atoms. The lowest BCUT2D eigenvalue weighted by Gasteiger charge is -2.42. The number of halogens is 2. The van der Waals surface area contributed by atoms with E-state index in [9.17, 15) is 0 Å². The van der Waals surface area contributed by atoms with Gasteiger partial charge in [-0.2, -0.15) is 5.26 Å². The molecule has 0 radical (unpaired) electrons. The first-order valence-electron chi connectivity index (χ1n) is 6.97. The maximum atomic E-state index is 9.08. The number of nitrogens with one attached hydrogen (secondary N) is 1. The van der Waals surface area contributed by atoms with Gasteiger partial charge in [0.25, 0.3) is 0 Å². The average Bonchev–Trinajstić information content (AvgIpc) is 2.39. The summed E-state index contributed by atoms with van der Waals surface area (Å²) < 4.78 is 0. The predicted octanol–water partition coefficient (Wildman–Crippen LogP) is 3.39. The molecule has 0 unspecified atom stereocenters. The highest BCUT2D eigenvalue weighted by Gasteiger charge is 2.32. The molecule has 1 aliphatic heterocycles. The summed E-state index contributed by atoms with van der Waals surface area (Å²) >= 11 is 0. The van der Waals surface area contributed by atoms with Gasteiger partial charge in [0.05, 0.1) is 11.6 Å². The van der Waals surface area contributed by atoms with Crippen LogP contribution in [0.2, 0.25) is 0 Å². The van der Waals surface area contributed by atoms with Crippen molar-refractivity contribution in [2.75, 3.05) is 26.2 Å². The molecule has 0 bridgehead atoms. The molecular formula is C16H25Cl2N3. The van der Waals surface area contributed by atoms with Crippen LogP contribution >= 0.6 is 24.8 Å². The van der Waals surface area contributed by atoms with E-state index in [1.54, 1.807) is 0 Å². The Hall–Kier alpha value is -0.790. The molecule has 21 heavy (non-hydrogen) atoms. The Morgan fingerprint density at radius 2 is 1.81 bits per heavy atom. The van der Waals surface area contributed by atoms with E-state index in [-0.39, 0.29) is 30.2 Å². The molecule has 0 saturated carbocycles. The number of piperazine rings is 1. The topological polar surface area (TPSA) is 39.1 Å². The highest BCUT2D eigenvalue weighted by Crippen LogP contribution is 2.38. The van der Waals surface area contributed by atoms with Gasteiger partial charge in [-0.15, -0.1) is 24.8 Å². The third kappa shape index (κ3) is 5.16. The Kier molecular flexibility index (Phi) is 8.28. The Morgan fingerprint density at radius 3 is 2.33 bits per heavy atom. The van der Waals surface area contributed by atoms with Gasteiger partial charge in [0.1, 0.15) is 0 Å². The summed E-state index contributed by atoms with van der Waals surface area (Å²) in [7, 11) is 0. The monoisotopic (exact) mass is 329 g/mol. The molecule has 1 aromatic rings. The standard InChI is InChI=1S/C16H23N3.2ClH/c1-16(2,3)15(19-9-7-18-8-10-19)14-6-4-5-13(11-14)12-17;;/h4-6,11,15,18H,7-10H2,1-3H3;2*1H/t15-;;/m1../s1. The van der Waals surface area contributed by atoms with Gasteiger partial charge >= 0.3 is 0 Å². The van der Waals surface area contributed by atoms with Crippen LogP contribution in [0, 0.1) is 16.7 Å². The van der Waals surface area contributed by atoms with Crippen molar-refractivity contribution < 1.29 is 0 Å². The Balaban J connectivity index is 0.00000200. The van der Waals surface area contributed by atoms with Crippen LogP contribution in [0.3, 0.4) is 0 Å². The maximum absolute atomic E-state index is 9.08. The molecular weight excluding hydrogens is 305 g/mol. The first-order valence-corrected chi connectivity index (χ1v) is 6.97. The van der Waals surface area contributed by atoms with E-state index in [1.165, 1.54) is 5.56 Å². The highest BCUT2D eigenvalue weighted by atomic mass is 35.5. The third-order valence-corrected chi connectivity index (χ3v) is 3.67. The SMILES string of the molecule is CC(C)(C)[C@@H](c1cccc(C#N)c1)N1CCNCC1.Cl.Cl. The zero-order valence-corrected chi connectivity index (χ0v) is 14.6. The molecule has 0 aromatic heterocycles. The lowest BCUT2D eigenvalue weighted by Crippen LogP contribution is -2.48. The summed E-state index contributed by atoms with van der Waals surface area (Å²) in [5, 5.41) is 12.5. The van der Waals surface area contributed by atoms with Gasteiger partial charge in [-0.25, -0.2) is 0 Å². The molecule has 1 fully saturated rings. The lowest BCUT2D eigenvalue weighted by atomic mass is 9.80. The number of hydrogen-bond donors (Lipinski definition) is 1. The van der Waals surface area contributed by atoms with Crippen molar-refractivity contribution in [2.45, 2.75) is 26.8 Å². The second kappa shape index (κ2) is 8.60. The average molecular weight is 330 g/mol. The normalized spacial score (nSPS) is 17.0. The zero-order chi connectivity index (χ0) is 13.9. The van der Waals surface area contributed by atoms with Crippen LogP contribution in [-0.4, -0.2) is 31.1 Å². The predicted molar refractivity (Wildman–Crippen MR) is 92.3 cm³/mol. The number of rotatable bonds is 2. The smallest absolute Gasteiger partial charge is 0.0991 e. The van der Waals surface area contributed by atoms with Gasteiger partial charge in [0, 0.05) is 32.2 Å². The van der Waals surface area contributed by atoms with Crippen LogP contribution < -0.4 is 5.32 Å². The van der Waals surface area contributed by atoms with Crippen LogP contribution in [0.4, 0.5) is 0 Å². The van der Waals surface area contributed by atoms with Gasteiger partial charge in [-0.1, -0.05) is 32.9 Å². The Labute approximate surface area is 140 Å². The van der Waals surface area contributed by atoms with Crippen LogP contribution in [-0.2, 0) is 0 Å². The molecule has 1 heterocycles. The third-order valence-electron chi connectivity index (χ3n) is 3.67. The van der Waals surface area contributed by atoms with E-state index in [0.717, 1.165) is 31.7 Å². The van der Waals surface area contributed by atoms with Crippen molar-refractivity contribution in [1.29, 1.82) is 5.26 Å². The van der Waals surface area contributed by atoms with E-state index < -0.39 is 0 Å². The second-order valence-corrected chi connectivity index (χ2v) is 6.29. The molecule has 0 amide bonds. The fraction of sp³-hybridized carbons (Fsp3) is 0.562. The molecule has 0 aliphatic carbocycles. The van der Waals surface area contributed by atoms with Crippen molar-refractivity contribution in [1.82, 2.24) is 10.2 Å². The first-order chi connectivity index (χ1) is 9.02. The summed E-state index contributed by atoms with van der Waals surface area (Å²) in [5.74, 6) is 0. The second-order valence-electron chi connectivity index (χ2n) is 6.29. The Bertz CT molecular complexity index is 471. The zero-order valence-electron chi connectivity index (χ0n) is 12.9. The minimum atomic E-state index is 0. The summed E-state index contributed by atoms with van der Waals surface area (Å²) in [6.45, 7) is 11.1. The number of hydrogen-bond acceptors (Lipinski definition) is 3. The van der Waals surface area contributed by atoms with Crippen molar-refractivity contribution >= 4 is 24.8 Å². The quantitative estimate of drug-likeness (QED) is 0.903. The van der Waals surface area contributed by atoms with Gasteiger partial charge in [-0.3, -0.25) is 4.90 Å². The van der Waals surface area contributed by atoms with E-state index in [2.05, 4.69) is 43.1 Å². The van der Waals surface area contributed by atoms with Crippen LogP contribution in [0.1, 0.15) is 37.9 Å². The molecule has 118 valence electrons. The van der Waals surface area contributed by atoms with Crippen LogP contribution in [0.15, 0.2) is 24.3 Å². The number of benzene rings is 1. The molecule has 2 rings (SSSR count). The summed E-state index contributed by atoms with van der Waals surface area (Å²) in [6, 6.07) is 10.7. The highest BCUT2D eigenvalue weighted by molar-refractivity contribution is 5.85. The van der Waals surface area contributed by atoms with Gasteiger partial charge in [-0.05, 0) is 23.1 Å². The molecule has 1 saturated heterocycles. The van der Waals surface area contributed by atoms with Crippen molar-refractivity contribution in [3.8, 4) is 6.07 Å². The fourth-order valence-electron chi connectivity index (χ4n) is 2.98. The van der Waals surface area contributed by atoms with Crippen LogP contribution in [0.5, 0.6) is 0 Å². The largest absolute Gasteiger partial charge is 0.314 e. The maximum Gasteiger partial charge on any atom is 0.0991 e. The lowest BCUT2D eigenvalue weighted by molar-refractivity contribution is 0.0862. The van der Waals surface area contributed by atoms with Gasteiger partial charge in [0.2, 0.25) is 0 Å².